The highest BCUT2D eigenvalue weighted by Gasteiger charge is 2.52. The van der Waals surface area contributed by atoms with Crippen molar-refractivity contribution >= 4 is 23.2 Å². The SMILES string of the molecule is C[C@@H](OC(=O)Nc1c(-c2ccc(-c3ccc(C4(C(=O)N=O)CC4)cc3)cc2)nn2ccccc12)c1ccccc1. The minimum absolute atomic E-state index is 0.417. The normalized spacial score (nSPS) is 14.3. The Morgan fingerprint density at radius 1 is 0.875 bits per heavy atom. The van der Waals surface area contributed by atoms with E-state index in [-0.39, 0.29) is 0 Å². The number of nitrogens with one attached hydrogen (secondary N) is 1. The predicted octanol–water partition coefficient (Wildman–Crippen LogP) is 7.30. The van der Waals surface area contributed by atoms with Gasteiger partial charge in [-0.3, -0.25) is 10.1 Å². The van der Waals surface area contributed by atoms with Gasteiger partial charge >= 0.3 is 6.09 Å². The van der Waals surface area contributed by atoms with Crippen LogP contribution >= 0.6 is 0 Å². The van der Waals surface area contributed by atoms with E-state index in [0.29, 0.717) is 24.2 Å². The Hall–Kier alpha value is -5.11. The van der Waals surface area contributed by atoms with Gasteiger partial charge in [-0.2, -0.15) is 5.10 Å². The third-order valence-electron chi connectivity index (χ3n) is 7.49. The van der Waals surface area contributed by atoms with Crippen LogP contribution in [0.5, 0.6) is 0 Å². The molecule has 0 saturated heterocycles. The number of aromatic nitrogens is 2. The second-order valence-corrected chi connectivity index (χ2v) is 9.97. The van der Waals surface area contributed by atoms with E-state index in [9.17, 15) is 14.5 Å². The van der Waals surface area contributed by atoms with Crippen molar-refractivity contribution in [2.75, 3.05) is 5.32 Å². The Bertz CT molecular complexity index is 1710. The van der Waals surface area contributed by atoms with Crippen LogP contribution in [0, 0.1) is 4.91 Å². The fourth-order valence-electron chi connectivity index (χ4n) is 5.05. The van der Waals surface area contributed by atoms with Crippen LogP contribution < -0.4 is 5.32 Å². The van der Waals surface area contributed by atoms with Gasteiger partial charge in [0.1, 0.15) is 11.8 Å². The summed E-state index contributed by atoms with van der Waals surface area (Å²) in [6.07, 6.45) is 2.15. The van der Waals surface area contributed by atoms with Crippen molar-refractivity contribution in [2.24, 2.45) is 5.18 Å². The van der Waals surface area contributed by atoms with Gasteiger partial charge in [-0.15, -0.1) is 4.91 Å². The van der Waals surface area contributed by atoms with E-state index in [1.165, 1.54) is 0 Å². The third-order valence-corrected chi connectivity index (χ3v) is 7.49. The summed E-state index contributed by atoms with van der Waals surface area (Å²) in [7, 11) is 0. The van der Waals surface area contributed by atoms with Gasteiger partial charge in [0.2, 0.25) is 0 Å². The maximum absolute atomic E-state index is 12.9. The molecule has 6 rings (SSSR count). The first-order chi connectivity index (χ1) is 19.5. The molecule has 1 aliphatic rings. The Labute approximate surface area is 230 Å². The second-order valence-electron chi connectivity index (χ2n) is 9.97. The number of nitroso groups, excluding NO2 is 1. The van der Waals surface area contributed by atoms with E-state index in [4.69, 9.17) is 9.84 Å². The molecule has 3 aromatic carbocycles. The van der Waals surface area contributed by atoms with Gasteiger partial charge < -0.3 is 4.74 Å². The van der Waals surface area contributed by atoms with Crippen LogP contribution in [0.4, 0.5) is 10.5 Å². The number of fused-ring (bicyclic) bond motifs is 1. The smallest absolute Gasteiger partial charge is 0.412 e. The first-order valence-corrected chi connectivity index (χ1v) is 13.1. The summed E-state index contributed by atoms with van der Waals surface area (Å²) < 4.78 is 7.38. The molecule has 0 spiro atoms. The number of hydrogen-bond acceptors (Lipinski definition) is 5. The Balaban J connectivity index is 1.25. The van der Waals surface area contributed by atoms with E-state index < -0.39 is 23.5 Å². The molecule has 1 N–H and O–H groups in total. The van der Waals surface area contributed by atoms with Gasteiger partial charge in [-0.25, -0.2) is 9.31 Å². The average Bonchev–Trinajstić information content (AvgIpc) is 3.74. The number of benzene rings is 3. The molecule has 2 heterocycles. The van der Waals surface area contributed by atoms with Gasteiger partial charge in [-0.1, -0.05) is 84.9 Å². The maximum atomic E-state index is 12.9. The lowest BCUT2D eigenvalue weighted by atomic mass is 9.93. The van der Waals surface area contributed by atoms with Gasteiger partial charge in [0.15, 0.2) is 0 Å². The van der Waals surface area contributed by atoms with Crippen molar-refractivity contribution in [2.45, 2.75) is 31.3 Å². The average molecular weight is 531 g/mol. The zero-order chi connectivity index (χ0) is 27.7. The minimum atomic E-state index is -0.739. The summed E-state index contributed by atoms with van der Waals surface area (Å²) in [5, 5.41) is 10.3. The molecule has 8 nitrogen and oxygen atoms in total. The molecule has 198 valence electrons. The molecule has 1 aliphatic carbocycles. The second kappa shape index (κ2) is 10.2. The van der Waals surface area contributed by atoms with Gasteiger partial charge in [0.25, 0.3) is 5.91 Å². The minimum Gasteiger partial charge on any atom is -0.441 e. The lowest BCUT2D eigenvalue weighted by molar-refractivity contribution is -0.120. The molecule has 1 fully saturated rings. The molecule has 2 aromatic heterocycles. The predicted molar refractivity (Wildman–Crippen MR) is 153 cm³/mol. The van der Waals surface area contributed by atoms with Crippen LogP contribution in [-0.4, -0.2) is 21.6 Å². The van der Waals surface area contributed by atoms with Crippen LogP contribution in [0.3, 0.4) is 0 Å². The quantitative estimate of drug-likeness (QED) is 0.222. The highest BCUT2D eigenvalue weighted by atomic mass is 16.6. The third kappa shape index (κ3) is 4.64. The number of carbonyl (C=O) groups excluding carboxylic acids is 2. The van der Waals surface area contributed by atoms with Crippen LogP contribution in [0.1, 0.15) is 37.0 Å². The van der Waals surface area contributed by atoms with Crippen molar-refractivity contribution in [3.63, 3.8) is 0 Å². The van der Waals surface area contributed by atoms with Crippen LogP contribution in [0.25, 0.3) is 27.9 Å². The molecule has 2 amide bonds. The van der Waals surface area contributed by atoms with Crippen LogP contribution in [0.15, 0.2) is 108 Å². The number of pyridine rings is 1. The van der Waals surface area contributed by atoms with E-state index in [0.717, 1.165) is 33.3 Å². The molecule has 5 aromatic rings. The summed E-state index contributed by atoms with van der Waals surface area (Å²) in [4.78, 5) is 35.7. The number of carbonyl (C=O) groups is 2. The maximum Gasteiger partial charge on any atom is 0.412 e. The highest BCUT2D eigenvalue weighted by Crippen LogP contribution is 2.49. The van der Waals surface area contributed by atoms with Gasteiger partial charge in [0.05, 0.1) is 16.6 Å². The number of hydrogen-bond donors (Lipinski definition) is 1. The molecule has 0 bridgehead atoms. The highest BCUT2D eigenvalue weighted by molar-refractivity contribution is 5.98. The van der Waals surface area contributed by atoms with Crippen LogP contribution in [-0.2, 0) is 14.9 Å². The summed E-state index contributed by atoms with van der Waals surface area (Å²) in [5.74, 6) is -0.597. The first-order valence-electron chi connectivity index (χ1n) is 13.1. The molecule has 0 unspecified atom stereocenters. The number of nitrogens with zero attached hydrogens (tertiary/aromatic N) is 3. The van der Waals surface area contributed by atoms with E-state index >= 15 is 0 Å². The zero-order valence-electron chi connectivity index (χ0n) is 21.8. The van der Waals surface area contributed by atoms with Gasteiger partial charge in [-0.05, 0) is 54.2 Å². The molecule has 1 saturated carbocycles. The molecule has 0 radical (unpaired) electrons. The molecular weight excluding hydrogens is 504 g/mol. The van der Waals surface area contributed by atoms with Crippen molar-refractivity contribution in [3.05, 3.63) is 119 Å². The lowest BCUT2D eigenvalue weighted by Gasteiger charge is -2.14. The van der Waals surface area contributed by atoms with Crippen molar-refractivity contribution < 1.29 is 14.3 Å². The van der Waals surface area contributed by atoms with E-state index in [1.54, 1.807) is 4.52 Å². The van der Waals surface area contributed by atoms with Crippen molar-refractivity contribution in [3.8, 4) is 22.4 Å². The van der Waals surface area contributed by atoms with Crippen molar-refractivity contribution in [1.82, 2.24) is 9.61 Å². The standard InChI is InChI=1S/C32H26N4O4/c1-21(22-7-3-2-4-8-22)40-31(38)33-29-27-9-5-6-20-36(27)34-28(29)25-12-10-23(11-13-25)24-14-16-26(17-15-24)32(18-19-32)30(37)35-39/h2-17,20-21H,18-19H2,1H3,(H,33,38)/t21-/m1/s1. The monoisotopic (exact) mass is 530 g/mol. The Kier molecular flexibility index (Phi) is 6.43. The molecule has 40 heavy (non-hydrogen) atoms. The molecule has 8 heteroatoms. The van der Waals surface area contributed by atoms with Gasteiger partial charge in [0, 0.05) is 16.9 Å². The fourth-order valence-corrected chi connectivity index (χ4v) is 5.05. The summed E-state index contributed by atoms with van der Waals surface area (Å²) in [6, 6.07) is 30.8. The van der Waals surface area contributed by atoms with Crippen LogP contribution in [0.2, 0.25) is 0 Å². The molecule has 1 atom stereocenters. The summed E-state index contributed by atoms with van der Waals surface area (Å²) in [5.41, 5.74) is 5.70. The van der Waals surface area contributed by atoms with E-state index in [1.807, 2.05) is 110 Å². The summed E-state index contributed by atoms with van der Waals surface area (Å²) in [6.45, 7) is 1.83. The number of anilines is 1. The molecule has 0 aliphatic heterocycles. The largest absolute Gasteiger partial charge is 0.441 e. The molecular formula is C32H26N4O4. The Morgan fingerprint density at radius 3 is 2.15 bits per heavy atom. The number of amides is 2. The van der Waals surface area contributed by atoms with E-state index in [2.05, 4.69) is 10.5 Å². The fraction of sp³-hybridized carbons (Fsp3) is 0.156. The zero-order valence-corrected chi connectivity index (χ0v) is 21.8. The van der Waals surface area contributed by atoms with Crippen molar-refractivity contribution in [1.29, 1.82) is 0 Å². The Morgan fingerprint density at radius 2 is 1.50 bits per heavy atom. The number of rotatable bonds is 7. The first kappa shape index (κ1) is 25.2. The summed E-state index contributed by atoms with van der Waals surface area (Å²) >= 11 is 0. The lowest BCUT2D eigenvalue weighted by Crippen LogP contribution is -2.17. The number of ether oxygens (including phenoxy) is 1. The topological polar surface area (TPSA) is 102 Å².